The molecule has 1 fully saturated rings. The van der Waals surface area contributed by atoms with E-state index in [0.29, 0.717) is 31.6 Å². The van der Waals surface area contributed by atoms with Crippen LogP contribution in [0.15, 0.2) is 60.0 Å². The smallest absolute Gasteiger partial charge is 0.339 e. The lowest BCUT2D eigenvalue weighted by Gasteiger charge is -2.31. The van der Waals surface area contributed by atoms with Gasteiger partial charge in [0.25, 0.3) is 11.8 Å². The van der Waals surface area contributed by atoms with Crippen molar-refractivity contribution in [3.05, 3.63) is 87.4 Å². The standard InChI is InChI=1S/C26H26F3N3O2S/c1-17(18-8-4-3-5-9-18)31(2)25(34)22-16-35-23(30-22)19-12-14-32(15-13-19)24(33)20-10-6-7-11-21(20)26(27,28)29/h3-11,16-17,19H,12-15H2,1-2H3. The fourth-order valence-corrected chi connectivity index (χ4v) is 5.27. The molecule has 1 aromatic heterocycles. The van der Waals surface area contributed by atoms with Crippen LogP contribution < -0.4 is 0 Å². The predicted octanol–water partition coefficient (Wildman–Crippen LogP) is 6.01. The van der Waals surface area contributed by atoms with Gasteiger partial charge in [-0.3, -0.25) is 9.59 Å². The normalized spacial score (nSPS) is 15.6. The Labute approximate surface area is 206 Å². The van der Waals surface area contributed by atoms with Gasteiger partial charge in [-0.05, 0) is 37.5 Å². The van der Waals surface area contributed by atoms with E-state index >= 15 is 0 Å². The number of amides is 2. The van der Waals surface area contributed by atoms with E-state index in [1.165, 1.54) is 34.4 Å². The number of carbonyl (C=O) groups excluding carboxylic acids is 2. The van der Waals surface area contributed by atoms with Gasteiger partial charge in [0.1, 0.15) is 5.69 Å². The third-order valence-electron chi connectivity index (χ3n) is 6.52. The van der Waals surface area contributed by atoms with E-state index in [2.05, 4.69) is 4.98 Å². The first kappa shape index (κ1) is 24.9. The lowest BCUT2D eigenvalue weighted by Crippen LogP contribution is -2.38. The number of piperidine rings is 1. The summed E-state index contributed by atoms with van der Waals surface area (Å²) in [5, 5.41) is 2.57. The Hall–Kier alpha value is -3.20. The van der Waals surface area contributed by atoms with Crippen LogP contribution in [0.4, 0.5) is 13.2 Å². The summed E-state index contributed by atoms with van der Waals surface area (Å²) in [6.45, 7) is 2.64. The molecule has 1 aliphatic heterocycles. The summed E-state index contributed by atoms with van der Waals surface area (Å²) in [6.07, 6.45) is -3.42. The number of nitrogens with zero attached hydrogens (tertiary/aromatic N) is 3. The van der Waals surface area contributed by atoms with Crippen molar-refractivity contribution < 1.29 is 22.8 Å². The molecule has 35 heavy (non-hydrogen) atoms. The van der Waals surface area contributed by atoms with E-state index in [9.17, 15) is 22.8 Å². The number of carbonyl (C=O) groups is 2. The van der Waals surface area contributed by atoms with Crippen molar-refractivity contribution in [3.63, 3.8) is 0 Å². The highest BCUT2D eigenvalue weighted by Crippen LogP contribution is 2.35. The zero-order valence-electron chi connectivity index (χ0n) is 19.5. The minimum Gasteiger partial charge on any atom is -0.339 e. The van der Waals surface area contributed by atoms with Gasteiger partial charge in [-0.15, -0.1) is 11.3 Å². The molecule has 9 heteroatoms. The van der Waals surface area contributed by atoms with Gasteiger partial charge < -0.3 is 9.80 Å². The largest absolute Gasteiger partial charge is 0.417 e. The molecular formula is C26H26F3N3O2S. The maximum atomic E-state index is 13.3. The number of halogens is 3. The van der Waals surface area contributed by atoms with Gasteiger partial charge in [-0.1, -0.05) is 42.5 Å². The monoisotopic (exact) mass is 501 g/mol. The summed E-state index contributed by atoms with van der Waals surface area (Å²) < 4.78 is 40.0. The van der Waals surface area contributed by atoms with Crippen molar-refractivity contribution in [2.24, 2.45) is 0 Å². The molecule has 184 valence electrons. The molecule has 1 unspecified atom stereocenters. The molecule has 2 aromatic carbocycles. The molecule has 4 rings (SSSR count). The topological polar surface area (TPSA) is 53.5 Å². The summed E-state index contributed by atoms with van der Waals surface area (Å²) in [6, 6.07) is 14.5. The van der Waals surface area contributed by atoms with Crippen molar-refractivity contribution in [3.8, 4) is 0 Å². The first-order chi connectivity index (χ1) is 16.7. The molecule has 1 aliphatic rings. The van der Waals surface area contributed by atoms with Crippen LogP contribution in [0.1, 0.15) is 68.7 Å². The van der Waals surface area contributed by atoms with E-state index in [1.54, 1.807) is 17.3 Å². The van der Waals surface area contributed by atoms with Gasteiger partial charge >= 0.3 is 6.18 Å². The van der Waals surface area contributed by atoms with Crippen LogP contribution in [0.25, 0.3) is 0 Å². The van der Waals surface area contributed by atoms with Crippen molar-refractivity contribution >= 4 is 23.2 Å². The lowest BCUT2D eigenvalue weighted by atomic mass is 9.96. The Morgan fingerprint density at radius 3 is 2.34 bits per heavy atom. The third kappa shape index (κ3) is 5.40. The highest BCUT2D eigenvalue weighted by molar-refractivity contribution is 7.09. The first-order valence-electron chi connectivity index (χ1n) is 11.4. The molecule has 1 atom stereocenters. The number of aromatic nitrogens is 1. The second-order valence-electron chi connectivity index (χ2n) is 8.68. The third-order valence-corrected chi connectivity index (χ3v) is 7.53. The van der Waals surface area contributed by atoms with Crippen molar-refractivity contribution in [1.82, 2.24) is 14.8 Å². The van der Waals surface area contributed by atoms with Crippen LogP contribution in [0.5, 0.6) is 0 Å². The number of alkyl halides is 3. The molecule has 2 amide bonds. The van der Waals surface area contributed by atoms with Gasteiger partial charge in [0.15, 0.2) is 0 Å². The zero-order valence-corrected chi connectivity index (χ0v) is 20.3. The van der Waals surface area contributed by atoms with E-state index in [0.717, 1.165) is 16.6 Å². The molecule has 3 aromatic rings. The molecule has 0 N–H and O–H groups in total. The maximum absolute atomic E-state index is 13.3. The van der Waals surface area contributed by atoms with E-state index in [-0.39, 0.29) is 23.4 Å². The number of rotatable bonds is 5. The average molecular weight is 502 g/mol. The van der Waals surface area contributed by atoms with Crippen LogP contribution in [0, 0.1) is 0 Å². The van der Waals surface area contributed by atoms with Crippen molar-refractivity contribution in [2.75, 3.05) is 20.1 Å². The molecule has 1 saturated heterocycles. The maximum Gasteiger partial charge on any atom is 0.417 e. The molecule has 0 radical (unpaired) electrons. The average Bonchev–Trinajstić information content (AvgIpc) is 3.37. The minimum absolute atomic E-state index is 0.0558. The number of hydrogen-bond donors (Lipinski definition) is 0. The molecule has 0 saturated carbocycles. The summed E-state index contributed by atoms with van der Waals surface area (Å²) in [4.78, 5) is 33.5. The number of thiazole rings is 1. The Morgan fingerprint density at radius 2 is 1.69 bits per heavy atom. The van der Waals surface area contributed by atoms with Gasteiger partial charge in [-0.25, -0.2) is 4.98 Å². The molecule has 2 heterocycles. The summed E-state index contributed by atoms with van der Waals surface area (Å²) in [5.41, 5.74) is 0.177. The zero-order chi connectivity index (χ0) is 25.2. The highest BCUT2D eigenvalue weighted by atomic mass is 32.1. The predicted molar refractivity (Wildman–Crippen MR) is 128 cm³/mol. The first-order valence-corrected chi connectivity index (χ1v) is 12.3. The van der Waals surface area contributed by atoms with Crippen LogP contribution >= 0.6 is 11.3 Å². The minimum atomic E-state index is -4.58. The van der Waals surface area contributed by atoms with Gasteiger partial charge in [0.05, 0.1) is 22.2 Å². The Balaban J connectivity index is 1.39. The van der Waals surface area contributed by atoms with Crippen LogP contribution in [-0.4, -0.2) is 46.7 Å². The van der Waals surface area contributed by atoms with Crippen molar-refractivity contribution in [1.29, 1.82) is 0 Å². The fourth-order valence-electron chi connectivity index (χ4n) is 4.30. The molecular weight excluding hydrogens is 475 g/mol. The quantitative estimate of drug-likeness (QED) is 0.430. The molecule has 5 nitrogen and oxygen atoms in total. The Morgan fingerprint density at radius 1 is 1.06 bits per heavy atom. The Kier molecular flexibility index (Phi) is 7.25. The lowest BCUT2D eigenvalue weighted by molar-refractivity contribution is -0.138. The van der Waals surface area contributed by atoms with Gasteiger partial charge in [0.2, 0.25) is 0 Å². The fraction of sp³-hybridized carbons (Fsp3) is 0.346. The van der Waals surface area contributed by atoms with E-state index < -0.39 is 17.6 Å². The second-order valence-corrected chi connectivity index (χ2v) is 9.57. The number of hydrogen-bond acceptors (Lipinski definition) is 4. The van der Waals surface area contributed by atoms with E-state index in [4.69, 9.17) is 0 Å². The summed E-state index contributed by atoms with van der Waals surface area (Å²) in [5.74, 6) is -0.719. The summed E-state index contributed by atoms with van der Waals surface area (Å²) >= 11 is 1.41. The molecule has 0 spiro atoms. The molecule has 0 aliphatic carbocycles. The molecule has 0 bridgehead atoms. The van der Waals surface area contributed by atoms with Crippen LogP contribution in [0.2, 0.25) is 0 Å². The summed E-state index contributed by atoms with van der Waals surface area (Å²) in [7, 11) is 1.75. The van der Waals surface area contributed by atoms with Crippen LogP contribution in [-0.2, 0) is 6.18 Å². The van der Waals surface area contributed by atoms with Crippen molar-refractivity contribution in [2.45, 2.75) is 37.9 Å². The van der Waals surface area contributed by atoms with Gasteiger partial charge in [0, 0.05) is 31.4 Å². The number of likely N-dealkylation sites (tertiary alicyclic amines) is 1. The SMILES string of the molecule is CC(c1ccccc1)N(C)C(=O)c1csc(C2CCN(C(=O)c3ccccc3C(F)(F)F)CC2)n1. The number of benzene rings is 2. The van der Waals surface area contributed by atoms with Gasteiger partial charge in [-0.2, -0.15) is 13.2 Å². The van der Waals surface area contributed by atoms with E-state index in [1.807, 2.05) is 37.3 Å². The Bertz CT molecular complexity index is 1190. The second kappa shape index (κ2) is 10.2. The van der Waals surface area contributed by atoms with Crippen LogP contribution in [0.3, 0.4) is 0 Å². The highest BCUT2D eigenvalue weighted by Gasteiger charge is 2.37.